The summed E-state index contributed by atoms with van der Waals surface area (Å²) in [4.78, 5) is 39.0. The predicted molar refractivity (Wildman–Crippen MR) is 154 cm³/mol. The summed E-state index contributed by atoms with van der Waals surface area (Å²) < 4.78 is 5.70. The fraction of sp³-hybridized carbons (Fsp3) is 0.344. The molecule has 1 aliphatic carbocycles. The zero-order valence-corrected chi connectivity index (χ0v) is 23.0. The van der Waals surface area contributed by atoms with Crippen LogP contribution in [0.3, 0.4) is 0 Å². The first-order valence-corrected chi connectivity index (χ1v) is 13.6. The van der Waals surface area contributed by atoms with Crippen LogP contribution in [0.25, 0.3) is 11.1 Å². The number of fused-ring (bicyclic) bond motifs is 3. The number of carbonyl (C=O) groups is 3. The molecule has 0 aromatic heterocycles. The quantitative estimate of drug-likeness (QED) is 0.290. The van der Waals surface area contributed by atoms with E-state index in [1.54, 1.807) is 0 Å². The number of nitrogens with zero attached hydrogens (tertiary/aromatic N) is 1. The molecule has 210 valence electrons. The molecule has 2 unspecified atom stereocenters. The smallest absolute Gasteiger partial charge is 0.407 e. The average Bonchev–Trinajstić information content (AvgIpc) is 3.27. The summed E-state index contributed by atoms with van der Waals surface area (Å²) in [6.45, 7) is 3.23. The molecular formula is C32H37N3O5. The maximum atomic E-state index is 13.2. The van der Waals surface area contributed by atoms with Crippen LogP contribution >= 0.6 is 0 Å². The first-order valence-electron chi connectivity index (χ1n) is 13.6. The van der Waals surface area contributed by atoms with Gasteiger partial charge < -0.3 is 20.5 Å². The van der Waals surface area contributed by atoms with Crippen LogP contribution in [0.15, 0.2) is 78.9 Å². The summed E-state index contributed by atoms with van der Waals surface area (Å²) in [5.41, 5.74) is 5.60. The van der Waals surface area contributed by atoms with Gasteiger partial charge in [0, 0.05) is 32.0 Å². The summed E-state index contributed by atoms with van der Waals surface area (Å²) in [6.07, 6.45) is -0.166. The number of benzene rings is 3. The van der Waals surface area contributed by atoms with Crippen LogP contribution in [0, 0.1) is 5.92 Å². The molecule has 3 aromatic rings. The Bertz CT molecular complexity index is 1270. The van der Waals surface area contributed by atoms with Crippen molar-refractivity contribution in [3.8, 4) is 11.1 Å². The van der Waals surface area contributed by atoms with E-state index in [-0.39, 0.29) is 37.3 Å². The highest BCUT2D eigenvalue weighted by Crippen LogP contribution is 2.44. The van der Waals surface area contributed by atoms with Gasteiger partial charge in [-0.3, -0.25) is 14.5 Å². The van der Waals surface area contributed by atoms with Gasteiger partial charge in [-0.2, -0.15) is 0 Å². The molecule has 0 aliphatic heterocycles. The zero-order chi connectivity index (χ0) is 28.5. The van der Waals surface area contributed by atoms with Crippen LogP contribution in [-0.2, 0) is 20.9 Å². The number of likely N-dealkylation sites (N-methyl/N-ethyl adjacent to an activating group) is 1. The Kier molecular flexibility index (Phi) is 9.91. The van der Waals surface area contributed by atoms with Crippen molar-refractivity contribution in [3.05, 3.63) is 95.6 Å². The van der Waals surface area contributed by atoms with Crippen LogP contribution in [0.1, 0.15) is 42.4 Å². The summed E-state index contributed by atoms with van der Waals surface area (Å²) in [5, 5.41) is 14.6. The Balaban J connectivity index is 1.39. The molecule has 40 heavy (non-hydrogen) atoms. The lowest BCUT2D eigenvalue weighted by Crippen LogP contribution is -2.52. The molecule has 0 radical (unpaired) electrons. The molecule has 0 spiro atoms. The normalized spacial score (nSPS) is 13.7. The molecule has 3 N–H and O–H groups in total. The molecule has 4 rings (SSSR count). The Labute approximate surface area is 235 Å². The molecule has 8 nitrogen and oxygen atoms in total. The van der Waals surface area contributed by atoms with Crippen LogP contribution < -0.4 is 10.6 Å². The van der Waals surface area contributed by atoms with Gasteiger partial charge in [-0.25, -0.2) is 4.79 Å². The second-order valence-corrected chi connectivity index (χ2v) is 10.5. The van der Waals surface area contributed by atoms with E-state index in [0.717, 1.165) is 27.8 Å². The van der Waals surface area contributed by atoms with Crippen LogP contribution in [0.2, 0.25) is 0 Å². The summed E-state index contributed by atoms with van der Waals surface area (Å²) >= 11 is 0. The van der Waals surface area contributed by atoms with Crippen molar-refractivity contribution in [1.29, 1.82) is 0 Å². The molecule has 0 saturated heterocycles. The van der Waals surface area contributed by atoms with E-state index in [2.05, 4.69) is 34.9 Å². The maximum Gasteiger partial charge on any atom is 0.407 e. The van der Waals surface area contributed by atoms with Crippen LogP contribution in [0.4, 0.5) is 4.79 Å². The average molecular weight is 544 g/mol. The molecule has 2 amide bonds. The second-order valence-electron chi connectivity index (χ2n) is 10.5. The fourth-order valence-electron chi connectivity index (χ4n) is 5.12. The van der Waals surface area contributed by atoms with Crippen molar-refractivity contribution in [3.63, 3.8) is 0 Å². The minimum Gasteiger partial charge on any atom is -0.481 e. The van der Waals surface area contributed by atoms with Crippen molar-refractivity contribution in [1.82, 2.24) is 15.5 Å². The van der Waals surface area contributed by atoms with Gasteiger partial charge in [-0.15, -0.1) is 0 Å². The van der Waals surface area contributed by atoms with Crippen LogP contribution in [-0.4, -0.2) is 60.8 Å². The lowest BCUT2D eigenvalue weighted by molar-refractivity contribution is -0.137. The first-order chi connectivity index (χ1) is 19.3. The number of hydrogen-bond acceptors (Lipinski definition) is 5. The van der Waals surface area contributed by atoms with Gasteiger partial charge in [0.25, 0.3) is 0 Å². The Morgan fingerprint density at radius 3 is 2.15 bits per heavy atom. The first kappa shape index (κ1) is 28.8. The highest BCUT2D eigenvalue weighted by molar-refractivity contribution is 5.86. The monoisotopic (exact) mass is 543 g/mol. The fourth-order valence-corrected chi connectivity index (χ4v) is 5.12. The number of rotatable bonds is 13. The lowest BCUT2D eigenvalue weighted by atomic mass is 9.98. The number of carboxylic acid groups (broad SMARTS) is 1. The molecule has 0 bridgehead atoms. The Morgan fingerprint density at radius 2 is 1.52 bits per heavy atom. The van der Waals surface area contributed by atoms with Gasteiger partial charge >= 0.3 is 12.1 Å². The van der Waals surface area contributed by atoms with E-state index >= 15 is 0 Å². The molecule has 3 aromatic carbocycles. The van der Waals surface area contributed by atoms with E-state index < -0.39 is 18.1 Å². The number of alkyl carbamates (subject to hydrolysis) is 1. The minimum atomic E-state index is -0.865. The number of nitrogens with one attached hydrogen (secondary N) is 2. The number of carbonyl (C=O) groups excluding carboxylic acids is 2. The molecule has 0 fully saturated rings. The second kappa shape index (κ2) is 13.8. The number of hydrogen-bond donors (Lipinski definition) is 3. The van der Waals surface area contributed by atoms with Gasteiger partial charge in [0.15, 0.2) is 0 Å². The molecule has 2 atom stereocenters. The third-order valence-corrected chi connectivity index (χ3v) is 7.22. The number of aliphatic carboxylic acids is 1. The SMILES string of the molecule is CC(CCC(=O)O)CNC(=O)C(CN(C)Cc1ccccc1)NC(=O)OCC1c2ccccc2-c2ccccc21. The van der Waals surface area contributed by atoms with E-state index in [9.17, 15) is 14.4 Å². The predicted octanol–water partition coefficient (Wildman–Crippen LogP) is 4.64. The Hall–Kier alpha value is -4.17. The number of carboxylic acids is 1. The molecule has 8 heteroatoms. The highest BCUT2D eigenvalue weighted by atomic mass is 16.5. The van der Waals surface area contributed by atoms with E-state index in [4.69, 9.17) is 9.84 Å². The van der Waals surface area contributed by atoms with E-state index in [1.165, 1.54) is 0 Å². The zero-order valence-electron chi connectivity index (χ0n) is 23.0. The van der Waals surface area contributed by atoms with E-state index in [1.807, 2.05) is 73.5 Å². The maximum absolute atomic E-state index is 13.2. The van der Waals surface area contributed by atoms with Crippen molar-refractivity contribution >= 4 is 18.0 Å². The number of ether oxygens (including phenoxy) is 1. The van der Waals surface area contributed by atoms with Crippen molar-refractivity contribution in [2.24, 2.45) is 5.92 Å². The topological polar surface area (TPSA) is 108 Å². The standard InChI is InChI=1S/C32H37N3O5/c1-22(16-17-30(36)37)18-33-31(38)29(20-35(2)19-23-10-4-3-5-11-23)34-32(39)40-21-28-26-14-8-6-12-24(26)25-13-7-9-15-27(25)28/h3-15,22,28-29H,16-21H2,1-2H3,(H,33,38)(H,34,39)(H,36,37). The van der Waals surface area contributed by atoms with Crippen molar-refractivity contribution < 1.29 is 24.2 Å². The molecule has 0 saturated carbocycles. The van der Waals surface area contributed by atoms with Gasteiger partial charge in [-0.05, 0) is 47.2 Å². The molecular weight excluding hydrogens is 506 g/mol. The summed E-state index contributed by atoms with van der Waals surface area (Å²) in [7, 11) is 1.89. The number of amides is 2. The third kappa shape index (κ3) is 7.70. The minimum absolute atomic E-state index is 0.0165. The van der Waals surface area contributed by atoms with E-state index in [0.29, 0.717) is 19.5 Å². The summed E-state index contributed by atoms with van der Waals surface area (Å²) in [5.74, 6) is -1.30. The molecule has 0 heterocycles. The lowest BCUT2D eigenvalue weighted by Gasteiger charge is -2.25. The third-order valence-electron chi connectivity index (χ3n) is 7.22. The Morgan fingerprint density at radius 1 is 0.925 bits per heavy atom. The molecule has 1 aliphatic rings. The summed E-state index contributed by atoms with van der Waals surface area (Å²) in [6, 6.07) is 25.3. The van der Waals surface area contributed by atoms with Gasteiger partial charge in [0.2, 0.25) is 5.91 Å². The van der Waals surface area contributed by atoms with Gasteiger partial charge in [0.05, 0.1) is 0 Å². The van der Waals surface area contributed by atoms with Crippen molar-refractivity contribution in [2.45, 2.75) is 38.3 Å². The van der Waals surface area contributed by atoms with Gasteiger partial charge in [-0.1, -0.05) is 85.8 Å². The van der Waals surface area contributed by atoms with Crippen molar-refractivity contribution in [2.75, 3.05) is 26.7 Å². The van der Waals surface area contributed by atoms with Crippen LogP contribution in [0.5, 0.6) is 0 Å². The van der Waals surface area contributed by atoms with Gasteiger partial charge in [0.1, 0.15) is 12.6 Å². The highest BCUT2D eigenvalue weighted by Gasteiger charge is 2.30. The largest absolute Gasteiger partial charge is 0.481 e.